The van der Waals surface area contributed by atoms with Crippen LogP contribution in [0, 0.1) is 20.2 Å². The molecule has 0 spiro atoms. The molecular weight excluding hydrogens is 391 g/mol. The molecule has 0 atom stereocenters. The molecule has 0 radical (unpaired) electrons. The minimum Gasteiger partial charge on any atom is -0.322 e. The van der Waals surface area contributed by atoms with Gasteiger partial charge in [0, 0.05) is 13.1 Å². The van der Waals surface area contributed by atoms with Crippen molar-refractivity contribution in [3.8, 4) is 0 Å². The van der Waals surface area contributed by atoms with Crippen LogP contribution in [0.25, 0.3) is 11.0 Å². The summed E-state index contributed by atoms with van der Waals surface area (Å²) < 4.78 is 1.72. The fraction of sp³-hybridized carbons (Fsp3) is 0.0714. The maximum atomic E-state index is 11.2. The first-order valence-corrected chi connectivity index (χ1v) is 8.27. The number of rotatable bonds is 4. The summed E-state index contributed by atoms with van der Waals surface area (Å²) in [7, 11) is 1.74. The first kappa shape index (κ1) is 17.5. The molecule has 8 nitrogen and oxygen atoms in total. The molecule has 0 N–H and O–H groups in total. The normalized spacial score (nSPS) is 11.0. The molecule has 0 aliphatic carbocycles. The van der Waals surface area contributed by atoms with Crippen LogP contribution < -0.4 is 0 Å². The van der Waals surface area contributed by atoms with Crippen molar-refractivity contribution in [2.75, 3.05) is 0 Å². The molecule has 1 aromatic heterocycles. The summed E-state index contributed by atoms with van der Waals surface area (Å²) in [5.74, 6) is 0. The summed E-state index contributed by atoms with van der Waals surface area (Å²) in [6.45, 7) is 0. The molecule has 0 aliphatic heterocycles. The third kappa shape index (κ3) is 3.26. The molecule has 0 unspecified atom stereocenters. The molecule has 0 aliphatic rings. The van der Waals surface area contributed by atoms with Crippen LogP contribution in [0.15, 0.2) is 40.4 Å². The van der Waals surface area contributed by atoms with E-state index >= 15 is 0 Å². The van der Waals surface area contributed by atoms with Gasteiger partial charge in [-0.15, -0.1) is 0 Å². The number of benzene rings is 2. The average molecular weight is 399 g/mol. The van der Waals surface area contributed by atoms with Crippen LogP contribution >= 0.6 is 35.0 Å². The number of nitro groups is 2. The van der Waals surface area contributed by atoms with Gasteiger partial charge in [-0.3, -0.25) is 20.2 Å². The van der Waals surface area contributed by atoms with Gasteiger partial charge < -0.3 is 4.57 Å². The van der Waals surface area contributed by atoms with E-state index in [2.05, 4.69) is 4.98 Å². The molecule has 1 heterocycles. The highest BCUT2D eigenvalue weighted by Crippen LogP contribution is 2.38. The Hall–Kier alpha value is -2.36. The highest BCUT2D eigenvalue weighted by Gasteiger charge is 2.22. The van der Waals surface area contributed by atoms with E-state index in [0.29, 0.717) is 26.2 Å². The predicted octanol–water partition coefficient (Wildman–Crippen LogP) is 4.85. The van der Waals surface area contributed by atoms with E-state index in [9.17, 15) is 20.2 Å². The Kier molecular flexibility index (Phi) is 4.55. The maximum Gasteiger partial charge on any atom is 0.290 e. The van der Waals surface area contributed by atoms with Crippen molar-refractivity contribution in [3.05, 3.63) is 60.6 Å². The van der Waals surface area contributed by atoms with Crippen LogP contribution in [0.5, 0.6) is 0 Å². The molecule has 128 valence electrons. The fourth-order valence-electron chi connectivity index (χ4n) is 2.20. The molecule has 3 aromatic rings. The minimum atomic E-state index is -0.680. The third-order valence-electron chi connectivity index (χ3n) is 3.43. The van der Waals surface area contributed by atoms with Crippen LogP contribution in [0.1, 0.15) is 0 Å². The van der Waals surface area contributed by atoms with Gasteiger partial charge in [0.2, 0.25) is 0 Å². The molecule has 25 heavy (non-hydrogen) atoms. The second-order valence-electron chi connectivity index (χ2n) is 4.98. The lowest BCUT2D eigenvalue weighted by atomic mass is 10.3. The zero-order chi connectivity index (χ0) is 18.3. The second kappa shape index (κ2) is 6.51. The Morgan fingerprint density at radius 3 is 2.40 bits per heavy atom. The molecule has 0 saturated carbocycles. The van der Waals surface area contributed by atoms with E-state index < -0.39 is 9.85 Å². The van der Waals surface area contributed by atoms with Crippen LogP contribution in [0.4, 0.5) is 11.4 Å². The molecular formula is C14H8Cl2N4O4S. The lowest BCUT2D eigenvalue weighted by Crippen LogP contribution is -1.96. The largest absolute Gasteiger partial charge is 0.322 e. The topological polar surface area (TPSA) is 104 Å². The summed E-state index contributed by atoms with van der Waals surface area (Å²) >= 11 is 13.0. The predicted molar refractivity (Wildman–Crippen MR) is 94.6 cm³/mol. The number of aromatic nitrogens is 2. The van der Waals surface area contributed by atoms with Crippen molar-refractivity contribution in [2.24, 2.45) is 7.05 Å². The number of hydrogen-bond acceptors (Lipinski definition) is 6. The Labute approximate surface area is 154 Å². The highest BCUT2D eigenvalue weighted by atomic mass is 35.5. The first-order chi connectivity index (χ1) is 11.8. The van der Waals surface area contributed by atoms with E-state index in [1.165, 1.54) is 12.1 Å². The van der Waals surface area contributed by atoms with E-state index in [1.807, 2.05) is 0 Å². The maximum absolute atomic E-state index is 11.2. The van der Waals surface area contributed by atoms with Gasteiger partial charge in [-0.25, -0.2) is 4.98 Å². The summed E-state index contributed by atoms with van der Waals surface area (Å²) in [4.78, 5) is 25.4. The van der Waals surface area contributed by atoms with E-state index in [-0.39, 0.29) is 16.3 Å². The van der Waals surface area contributed by atoms with Gasteiger partial charge in [0.15, 0.2) is 5.16 Å². The number of nitrogens with zero attached hydrogens (tertiary/aromatic N) is 4. The fourth-order valence-corrected chi connectivity index (χ4v) is 3.47. The minimum absolute atomic E-state index is 0.242. The van der Waals surface area contributed by atoms with Crippen molar-refractivity contribution in [3.63, 3.8) is 0 Å². The summed E-state index contributed by atoms with van der Waals surface area (Å²) in [5.41, 5.74) is 0.590. The monoisotopic (exact) mass is 398 g/mol. The number of aryl methyl sites for hydroxylation is 1. The molecule has 0 fully saturated rings. The number of halogens is 2. The van der Waals surface area contributed by atoms with Crippen molar-refractivity contribution in [2.45, 2.75) is 10.1 Å². The SMILES string of the molecule is Cn1c(Sc2ccc([N+](=O)[O-])cc2[N+](=O)[O-])nc2cc(Cl)c(Cl)cc21. The van der Waals surface area contributed by atoms with Gasteiger partial charge >= 0.3 is 0 Å². The van der Waals surface area contributed by atoms with Gasteiger partial charge in [0.1, 0.15) is 0 Å². The second-order valence-corrected chi connectivity index (χ2v) is 6.80. The Morgan fingerprint density at radius 2 is 1.76 bits per heavy atom. The van der Waals surface area contributed by atoms with Crippen molar-refractivity contribution < 1.29 is 9.85 Å². The highest BCUT2D eigenvalue weighted by molar-refractivity contribution is 7.99. The van der Waals surface area contributed by atoms with Crippen molar-refractivity contribution in [1.82, 2.24) is 9.55 Å². The molecule has 2 aromatic carbocycles. The van der Waals surface area contributed by atoms with Gasteiger partial charge in [-0.1, -0.05) is 23.2 Å². The van der Waals surface area contributed by atoms with E-state index in [1.54, 1.807) is 23.7 Å². The number of nitro benzene ring substituents is 2. The molecule has 0 bridgehead atoms. The van der Waals surface area contributed by atoms with E-state index in [4.69, 9.17) is 23.2 Å². The Morgan fingerprint density at radius 1 is 1.08 bits per heavy atom. The summed E-state index contributed by atoms with van der Waals surface area (Å²) in [5, 5.41) is 23.2. The smallest absolute Gasteiger partial charge is 0.290 e. The van der Waals surface area contributed by atoms with Crippen molar-refractivity contribution >= 4 is 57.4 Å². The summed E-state index contributed by atoms with van der Waals surface area (Å²) in [6, 6.07) is 6.73. The molecule has 0 saturated heterocycles. The Bertz CT molecular complexity index is 1040. The average Bonchev–Trinajstić information content (AvgIpc) is 2.83. The van der Waals surface area contributed by atoms with Crippen LogP contribution in [0.3, 0.4) is 0 Å². The number of fused-ring (bicyclic) bond motifs is 1. The summed E-state index contributed by atoms with van der Waals surface area (Å²) in [6.07, 6.45) is 0. The van der Waals surface area contributed by atoms with Crippen LogP contribution in [-0.2, 0) is 7.05 Å². The zero-order valence-corrected chi connectivity index (χ0v) is 14.8. The van der Waals surface area contributed by atoms with Crippen LogP contribution in [-0.4, -0.2) is 19.4 Å². The zero-order valence-electron chi connectivity index (χ0n) is 12.5. The molecule has 11 heteroatoms. The quantitative estimate of drug-likeness (QED) is 0.459. The standard InChI is InChI=1S/C14H8Cl2N4O4S/c1-18-11-6-9(16)8(15)5-10(11)17-14(18)25-13-3-2-7(19(21)22)4-12(13)20(23)24/h2-6H,1H3. The number of imidazole rings is 1. The van der Waals surface area contributed by atoms with Crippen molar-refractivity contribution in [1.29, 1.82) is 0 Å². The van der Waals surface area contributed by atoms with Gasteiger partial charge in [-0.05, 0) is 30.0 Å². The van der Waals surface area contributed by atoms with E-state index in [0.717, 1.165) is 17.8 Å². The molecule has 3 rings (SSSR count). The van der Waals surface area contributed by atoms with Gasteiger partial charge in [-0.2, -0.15) is 0 Å². The number of non-ortho nitro benzene ring substituents is 1. The lowest BCUT2D eigenvalue weighted by molar-refractivity contribution is -0.396. The Balaban J connectivity index is 2.08. The third-order valence-corrected chi connectivity index (χ3v) is 5.27. The lowest BCUT2D eigenvalue weighted by Gasteiger charge is -2.03. The molecule has 0 amide bonds. The first-order valence-electron chi connectivity index (χ1n) is 6.70. The van der Waals surface area contributed by atoms with Gasteiger partial charge in [0.25, 0.3) is 11.4 Å². The van der Waals surface area contributed by atoms with Gasteiger partial charge in [0.05, 0.1) is 41.9 Å². The van der Waals surface area contributed by atoms with Crippen LogP contribution in [0.2, 0.25) is 10.0 Å². The number of hydrogen-bond donors (Lipinski definition) is 0.